The molecule has 0 radical (unpaired) electrons. The van der Waals surface area contributed by atoms with Crippen molar-refractivity contribution in [2.75, 3.05) is 6.61 Å². The summed E-state index contributed by atoms with van der Waals surface area (Å²) in [6, 6.07) is 8.20. The summed E-state index contributed by atoms with van der Waals surface area (Å²) in [6.07, 6.45) is 2.30. The first-order valence-electron chi connectivity index (χ1n) is 6.41. The normalized spacial score (nSPS) is 33.6. The number of rotatable bonds is 2. The van der Waals surface area contributed by atoms with Gasteiger partial charge in [0.25, 0.3) is 0 Å². The lowest BCUT2D eigenvalue weighted by molar-refractivity contribution is -0.157. The molecule has 94 valence electrons. The predicted molar refractivity (Wildman–Crippen MR) is 69.0 cm³/mol. The fraction of sp³-hybridized carbons (Fsp3) is 0.600. The minimum absolute atomic E-state index is 0.197. The molecule has 2 nitrogen and oxygen atoms in total. The van der Waals surface area contributed by atoms with Gasteiger partial charge >= 0.3 is 0 Å². The Morgan fingerprint density at radius 1 is 1.29 bits per heavy atom. The molecule has 0 amide bonds. The number of hydrogen-bond donors (Lipinski definition) is 1. The molecule has 0 aliphatic carbocycles. The molecular weight excluding hydrogens is 212 g/mol. The summed E-state index contributed by atoms with van der Waals surface area (Å²) in [5.41, 5.74) is 1.32. The van der Waals surface area contributed by atoms with Gasteiger partial charge in [-0.25, -0.2) is 0 Å². The van der Waals surface area contributed by atoms with Crippen LogP contribution in [0.1, 0.15) is 44.2 Å². The Morgan fingerprint density at radius 3 is 2.53 bits per heavy atom. The van der Waals surface area contributed by atoms with E-state index in [9.17, 15) is 5.11 Å². The lowest BCUT2D eigenvalue weighted by Gasteiger charge is -2.43. The van der Waals surface area contributed by atoms with Gasteiger partial charge in [0.1, 0.15) is 0 Å². The van der Waals surface area contributed by atoms with E-state index in [1.54, 1.807) is 0 Å². The quantitative estimate of drug-likeness (QED) is 0.851. The lowest BCUT2D eigenvalue weighted by Crippen LogP contribution is -2.45. The topological polar surface area (TPSA) is 29.5 Å². The van der Waals surface area contributed by atoms with E-state index in [4.69, 9.17) is 4.74 Å². The third kappa shape index (κ3) is 2.53. The van der Waals surface area contributed by atoms with Crippen molar-refractivity contribution in [2.45, 2.75) is 51.2 Å². The van der Waals surface area contributed by atoms with Crippen LogP contribution in [0.5, 0.6) is 0 Å². The minimum Gasteiger partial charge on any atom is -0.385 e. The van der Waals surface area contributed by atoms with Crippen LogP contribution in [0.15, 0.2) is 24.3 Å². The first-order chi connectivity index (χ1) is 7.97. The third-order valence-electron chi connectivity index (χ3n) is 3.97. The Hall–Kier alpha value is -0.860. The smallest absolute Gasteiger partial charge is 0.0945 e. The fourth-order valence-corrected chi connectivity index (χ4v) is 2.56. The molecule has 0 saturated carbocycles. The number of hydrogen-bond acceptors (Lipinski definition) is 2. The molecule has 0 bridgehead atoms. The average molecular weight is 234 g/mol. The summed E-state index contributed by atoms with van der Waals surface area (Å²) >= 11 is 0. The maximum atomic E-state index is 10.8. The van der Waals surface area contributed by atoms with Gasteiger partial charge in [0.05, 0.1) is 17.8 Å². The molecule has 1 aliphatic rings. The minimum atomic E-state index is -0.725. The van der Waals surface area contributed by atoms with Crippen LogP contribution < -0.4 is 0 Å². The first-order valence-corrected chi connectivity index (χ1v) is 6.41. The maximum Gasteiger partial charge on any atom is 0.0945 e. The molecule has 1 aromatic rings. The van der Waals surface area contributed by atoms with Gasteiger partial charge < -0.3 is 9.84 Å². The average Bonchev–Trinajstić information content (AvgIpc) is 2.29. The highest BCUT2D eigenvalue weighted by atomic mass is 16.5. The number of ether oxygens (including phenoxy) is 1. The molecule has 2 atom stereocenters. The van der Waals surface area contributed by atoms with Gasteiger partial charge in [-0.15, -0.1) is 0 Å². The summed E-state index contributed by atoms with van der Waals surface area (Å²) in [5.74, 6) is 0. The van der Waals surface area contributed by atoms with E-state index < -0.39 is 5.60 Å². The summed E-state index contributed by atoms with van der Waals surface area (Å²) < 4.78 is 5.80. The zero-order valence-electron chi connectivity index (χ0n) is 11.0. The summed E-state index contributed by atoms with van der Waals surface area (Å²) in [4.78, 5) is 0. The highest BCUT2D eigenvalue weighted by Crippen LogP contribution is 2.40. The van der Waals surface area contributed by atoms with Gasteiger partial charge in [-0.05, 0) is 25.8 Å². The second-order valence-electron chi connectivity index (χ2n) is 5.48. The number of benzene rings is 1. The first kappa shape index (κ1) is 12.6. The molecule has 1 aliphatic heterocycles. The van der Waals surface area contributed by atoms with E-state index in [2.05, 4.69) is 32.9 Å². The van der Waals surface area contributed by atoms with E-state index in [1.807, 2.05) is 12.1 Å². The van der Waals surface area contributed by atoms with E-state index in [0.29, 0.717) is 19.4 Å². The van der Waals surface area contributed by atoms with E-state index in [1.165, 1.54) is 5.56 Å². The molecular formula is C15H22O2. The van der Waals surface area contributed by atoms with Gasteiger partial charge in [0.15, 0.2) is 0 Å². The van der Waals surface area contributed by atoms with Crippen molar-refractivity contribution in [3.05, 3.63) is 35.4 Å². The predicted octanol–water partition coefficient (Wildman–Crippen LogP) is 3.16. The van der Waals surface area contributed by atoms with Gasteiger partial charge in [0, 0.05) is 12.8 Å². The van der Waals surface area contributed by atoms with Crippen molar-refractivity contribution < 1.29 is 9.84 Å². The molecule has 0 spiro atoms. The van der Waals surface area contributed by atoms with Crippen molar-refractivity contribution >= 4 is 0 Å². The zero-order chi connectivity index (χ0) is 12.5. The van der Waals surface area contributed by atoms with Crippen molar-refractivity contribution in [1.82, 2.24) is 0 Å². The van der Waals surface area contributed by atoms with Crippen LogP contribution in [-0.4, -0.2) is 17.3 Å². The molecule has 1 fully saturated rings. The molecule has 0 aromatic heterocycles. The van der Waals surface area contributed by atoms with Crippen LogP contribution >= 0.6 is 0 Å². The van der Waals surface area contributed by atoms with Crippen LogP contribution in [0.3, 0.4) is 0 Å². The molecule has 2 heteroatoms. The Bertz CT molecular complexity index is 384. The molecule has 1 heterocycles. The molecule has 2 rings (SSSR count). The molecule has 2 unspecified atom stereocenters. The molecule has 1 saturated heterocycles. The maximum absolute atomic E-state index is 10.8. The van der Waals surface area contributed by atoms with Crippen molar-refractivity contribution in [2.24, 2.45) is 0 Å². The lowest BCUT2D eigenvalue weighted by atomic mass is 9.77. The van der Waals surface area contributed by atoms with Crippen LogP contribution in [-0.2, 0) is 10.3 Å². The Labute approximate surface area is 104 Å². The Kier molecular flexibility index (Phi) is 3.28. The van der Waals surface area contributed by atoms with E-state index in [-0.39, 0.29) is 5.60 Å². The molecule has 1 aromatic carbocycles. The van der Waals surface area contributed by atoms with Crippen molar-refractivity contribution in [1.29, 1.82) is 0 Å². The monoisotopic (exact) mass is 234 g/mol. The highest BCUT2D eigenvalue weighted by molar-refractivity contribution is 5.27. The van der Waals surface area contributed by atoms with Crippen LogP contribution in [0.4, 0.5) is 0 Å². The van der Waals surface area contributed by atoms with Gasteiger partial charge in [0.2, 0.25) is 0 Å². The van der Waals surface area contributed by atoms with Gasteiger partial charge in [-0.1, -0.05) is 36.8 Å². The van der Waals surface area contributed by atoms with Crippen molar-refractivity contribution in [3.63, 3.8) is 0 Å². The standard InChI is InChI=1S/C15H22O2/c1-4-14(3)11-15(16,9-10-17-14)13-7-5-12(2)6-8-13/h5-8,16H,4,9-11H2,1-3H3. The molecule has 17 heavy (non-hydrogen) atoms. The highest BCUT2D eigenvalue weighted by Gasteiger charge is 2.42. The number of aliphatic hydroxyl groups is 1. The molecule has 1 N–H and O–H groups in total. The second kappa shape index (κ2) is 4.43. The summed E-state index contributed by atoms with van der Waals surface area (Å²) in [7, 11) is 0. The van der Waals surface area contributed by atoms with E-state index >= 15 is 0 Å². The summed E-state index contributed by atoms with van der Waals surface area (Å²) in [5, 5.41) is 10.8. The number of aryl methyl sites for hydroxylation is 1. The Morgan fingerprint density at radius 2 is 1.94 bits per heavy atom. The van der Waals surface area contributed by atoms with Crippen LogP contribution in [0, 0.1) is 6.92 Å². The van der Waals surface area contributed by atoms with Crippen LogP contribution in [0.2, 0.25) is 0 Å². The Balaban J connectivity index is 2.26. The van der Waals surface area contributed by atoms with Crippen LogP contribution in [0.25, 0.3) is 0 Å². The van der Waals surface area contributed by atoms with Gasteiger partial charge in [-0.3, -0.25) is 0 Å². The third-order valence-corrected chi connectivity index (χ3v) is 3.97. The van der Waals surface area contributed by atoms with E-state index in [0.717, 1.165) is 12.0 Å². The second-order valence-corrected chi connectivity index (χ2v) is 5.48. The largest absolute Gasteiger partial charge is 0.385 e. The summed E-state index contributed by atoms with van der Waals surface area (Å²) in [6.45, 7) is 6.90. The zero-order valence-corrected chi connectivity index (χ0v) is 11.0. The fourth-order valence-electron chi connectivity index (χ4n) is 2.56. The van der Waals surface area contributed by atoms with Gasteiger partial charge in [-0.2, -0.15) is 0 Å². The van der Waals surface area contributed by atoms with Crippen molar-refractivity contribution in [3.8, 4) is 0 Å². The SMILES string of the molecule is CCC1(C)CC(O)(c2ccc(C)cc2)CCO1.